The number of hydrogen-bond donors (Lipinski definition) is 1. The van der Waals surface area contributed by atoms with Crippen molar-refractivity contribution in [2.24, 2.45) is 5.92 Å². The van der Waals surface area contributed by atoms with Crippen LogP contribution in [-0.2, 0) is 24.2 Å². The lowest BCUT2D eigenvalue weighted by Crippen LogP contribution is -2.14. The maximum absolute atomic E-state index is 12.3. The fourth-order valence-corrected chi connectivity index (χ4v) is 4.98. The number of thiophene rings is 1. The van der Waals surface area contributed by atoms with Gasteiger partial charge in [0.15, 0.2) is 5.16 Å². The molecule has 0 aromatic carbocycles. The van der Waals surface area contributed by atoms with Gasteiger partial charge in [0.2, 0.25) is 5.91 Å². The molecule has 8 heteroatoms. The lowest BCUT2D eigenvalue weighted by atomic mass is 9.89. The molecule has 2 aromatic heterocycles. The molecular weight excluding hydrogens is 342 g/mol. The first-order valence-corrected chi connectivity index (χ1v) is 9.77. The van der Waals surface area contributed by atoms with E-state index in [0.717, 1.165) is 36.5 Å². The van der Waals surface area contributed by atoms with E-state index < -0.39 is 0 Å². The summed E-state index contributed by atoms with van der Waals surface area (Å²) in [6.45, 7) is 5.00. The number of hydrogen-bond acceptors (Lipinski definition) is 6. The lowest BCUT2D eigenvalue weighted by Gasteiger charge is -2.17. The Morgan fingerprint density at radius 1 is 1.62 bits per heavy atom. The van der Waals surface area contributed by atoms with Gasteiger partial charge in [0.05, 0.1) is 11.3 Å². The number of fused-ring (bicyclic) bond motifs is 1. The predicted molar refractivity (Wildman–Crippen MR) is 95.3 cm³/mol. The summed E-state index contributed by atoms with van der Waals surface area (Å²) < 4.78 is 1.89. The van der Waals surface area contributed by atoms with Crippen molar-refractivity contribution in [3.63, 3.8) is 0 Å². The van der Waals surface area contributed by atoms with Crippen molar-refractivity contribution < 1.29 is 4.79 Å². The molecule has 0 saturated heterocycles. The second-order valence-corrected chi connectivity index (χ2v) is 7.95. The second-order valence-electron chi connectivity index (χ2n) is 5.90. The van der Waals surface area contributed by atoms with Crippen LogP contribution in [0.4, 0.5) is 5.00 Å². The number of carbonyl (C=O) groups is 1. The van der Waals surface area contributed by atoms with Crippen LogP contribution in [0.5, 0.6) is 0 Å². The van der Waals surface area contributed by atoms with E-state index in [2.05, 4.69) is 28.5 Å². The highest BCUT2D eigenvalue weighted by Gasteiger charge is 2.24. The zero-order valence-electron chi connectivity index (χ0n) is 13.7. The number of aryl methyl sites for hydroxylation is 1. The highest BCUT2D eigenvalue weighted by Crippen LogP contribution is 2.39. The Kier molecular flexibility index (Phi) is 5.21. The summed E-state index contributed by atoms with van der Waals surface area (Å²) in [5, 5.41) is 21.7. The van der Waals surface area contributed by atoms with Crippen LogP contribution in [0.15, 0.2) is 11.5 Å². The summed E-state index contributed by atoms with van der Waals surface area (Å²) in [6, 6.07) is 2.27. The summed E-state index contributed by atoms with van der Waals surface area (Å²) >= 11 is 2.91. The number of nitriles is 1. The zero-order chi connectivity index (χ0) is 17.1. The Bertz CT molecular complexity index is 789. The molecule has 1 amide bonds. The molecule has 0 saturated carbocycles. The maximum atomic E-state index is 12.3. The molecule has 0 bridgehead atoms. The van der Waals surface area contributed by atoms with E-state index in [1.165, 1.54) is 16.6 Å². The first-order valence-electron chi connectivity index (χ1n) is 7.97. The number of anilines is 1. The van der Waals surface area contributed by atoms with Gasteiger partial charge in [-0.15, -0.1) is 21.5 Å². The standard InChI is InChI=1S/C16H19N5OS2/c1-3-21-9-18-20-16(21)23-8-14(22)19-15-12(7-17)11-5-4-10(2)6-13(11)24-15/h9-10H,3-6,8H2,1-2H3,(H,19,22). The Morgan fingerprint density at radius 3 is 3.21 bits per heavy atom. The van der Waals surface area contributed by atoms with Gasteiger partial charge in [0.1, 0.15) is 17.4 Å². The molecule has 126 valence electrons. The van der Waals surface area contributed by atoms with Crippen molar-refractivity contribution in [2.45, 2.75) is 44.8 Å². The van der Waals surface area contributed by atoms with Crippen LogP contribution in [0, 0.1) is 17.2 Å². The van der Waals surface area contributed by atoms with Gasteiger partial charge in [-0.1, -0.05) is 18.7 Å². The topological polar surface area (TPSA) is 83.6 Å². The van der Waals surface area contributed by atoms with Gasteiger partial charge in [-0.3, -0.25) is 4.79 Å². The number of thioether (sulfide) groups is 1. The van der Waals surface area contributed by atoms with Gasteiger partial charge < -0.3 is 9.88 Å². The predicted octanol–water partition coefficient (Wildman–Crippen LogP) is 3.09. The molecule has 2 heterocycles. The highest BCUT2D eigenvalue weighted by atomic mass is 32.2. The molecule has 2 aromatic rings. The van der Waals surface area contributed by atoms with E-state index >= 15 is 0 Å². The van der Waals surface area contributed by atoms with Gasteiger partial charge in [0.25, 0.3) is 0 Å². The average Bonchev–Trinajstić information content (AvgIpc) is 3.15. The van der Waals surface area contributed by atoms with Crippen LogP contribution < -0.4 is 5.32 Å². The third kappa shape index (κ3) is 3.47. The van der Waals surface area contributed by atoms with Crippen LogP contribution in [0.1, 0.15) is 36.3 Å². The second kappa shape index (κ2) is 7.36. The molecule has 24 heavy (non-hydrogen) atoms. The van der Waals surface area contributed by atoms with E-state index in [0.29, 0.717) is 16.5 Å². The van der Waals surface area contributed by atoms with Crippen molar-refractivity contribution in [2.75, 3.05) is 11.1 Å². The van der Waals surface area contributed by atoms with E-state index in [1.54, 1.807) is 17.7 Å². The molecule has 0 aliphatic heterocycles. The van der Waals surface area contributed by atoms with Crippen molar-refractivity contribution >= 4 is 34.0 Å². The maximum Gasteiger partial charge on any atom is 0.235 e. The molecule has 0 radical (unpaired) electrons. The molecule has 1 aliphatic carbocycles. The van der Waals surface area contributed by atoms with Crippen molar-refractivity contribution in [1.29, 1.82) is 5.26 Å². The van der Waals surface area contributed by atoms with Gasteiger partial charge in [-0.25, -0.2) is 0 Å². The van der Waals surface area contributed by atoms with E-state index in [9.17, 15) is 10.1 Å². The molecule has 1 atom stereocenters. The fraction of sp³-hybridized carbons (Fsp3) is 0.500. The minimum atomic E-state index is -0.117. The largest absolute Gasteiger partial charge is 0.316 e. The van der Waals surface area contributed by atoms with E-state index in [1.807, 2.05) is 11.5 Å². The Morgan fingerprint density at radius 2 is 2.46 bits per heavy atom. The molecule has 6 nitrogen and oxygen atoms in total. The number of nitrogens with one attached hydrogen (secondary N) is 1. The molecule has 0 fully saturated rings. The minimum absolute atomic E-state index is 0.117. The number of carbonyl (C=O) groups excluding carboxylic acids is 1. The van der Waals surface area contributed by atoms with Crippen molar-refractivity contribution in [3.05, 3.63) is 22.3 Å². The summed E-state index contributed by atoms with van der Waals surface area (Å²) in [6.07, 6.45) is 4.69. The molecule has 0 spiro atoms. The molecular formula is C16H19N5OS2. The smallest absolute Gasteiger partial charge is 0.235 e. The van der Waals surface area contributed by atoms with Gasteiger partial charge in [0, 0.05) is 11.4 Å². The van der Waals surface area contributed by atoms with Gasteiger partial charge >= 0.3 is 0 Å². The number of nitrogens with zero attached hydrogens (tertiary/aromatic N) is 4. The van der Waals surface area contributed by atoms with Crippen molar-refractivity contribution in [1.82, 2.24) is 14.8 Å². The summed E-state index contributed by atoms with van der Waals surface area (Å²) in [5.41, 5.74) is 1.78. The molecule has 1 aliphatic rings. The van der Waals surface area contributed by atoms with Crippen LogP contribution >= 0.6 is 23.1 Å². The fourth-order valence-electron chi connectivity index (χ4n) is 2.82. The molecule has 1 unspecified atom stereocenters. The third-order valence-corrected chi connectivity index (χ3v) is 6.28. The van der Waals surface area contributed by atoms with E-state index in [-0.39, 0.29) is 11.7 Å². The average molecular weight is 361 g/mol. The van der Waals surface area contributed by atoms with Gasteiger partial charge in [-0.05, 0) is 37.7 Å². The SMILES string of the molecule is CCn1cnnc1SCC(=O)Nc1sc2c(c1C#N)CCC(C)C2. The monoisotopic (exact) mass is 361 g/mol. The highest BCUT2D eigenvalue weighted by molar-refractivity contribution is 7.99. The molecule has 1 N–H and O–H groups in total. The zero-order valence-corrected chi connectivity index (χ0v) is 15.3. The summed E-state index contributed by atoms with van der Waals surface area (Å²) in [4.78, 5) is 13.5. The normalized spacial score (nSPS) is 16.5. The quantitative estimate of drug-likeness (QED) is 0.828. The first kappa shape index (κ1) is 17.0. The lowest BCUT2D eigenvalue weighted by molar-refractivity contribution is -0.113. The minimum Gasteiger partial charge on any atom is -0.316 e. The van der Waals surface area contributed by atoms with E-state index in [4.69, 9.17) is 0 Å². The first-order chi connectivity index (χ1) is 11.6. The Hall–Kier alpha value is -1.85. The van der Waals surface area contributed by atoms with Gasteiger partial charge in [-0.2, -0.15) is 5.26 Å². The van der Waals surface area contributed by atoms with Crippen LogP contribution in [-0.4, -0.2) is 26.4 Å². The summed E-state index contributed by atoms with van der Waals surface area (Å²) in [5.74, 6) is 0.777. The third-order valence-electron chi connectivity index (χ3n) is 4.13. The van der Waals surface area contributed by atoms with Crippen LogP contribution in [0.3, 0.4) is 0 Å². The summed E-state index contributed by atoms with van der Waals surface area (Å²) in [7, 11) is 0. The molecule has 3 rings (SSSR count). The van der Waals surface area contributed by atoms with Crippen molar-refractivity contribution in [3.8, 4) is 6.07 Å². The Balaban J connectivity index is 1.67. The van der Waals surface area contributed by atoms with Crippen LogP contribution in [0.2, 0.25) is 0 Å². The van der Waals surface area contributed by atoms with Crippen LogP contribution in [0.25, 0.3) is 0 Å². The number of aromatic nitrogens is 3. The number of rotatable bonds is 5. The Labute approximate surface area is 149 Å². The number of amides is 1.